The summed E-state index contributed by atoms with van der Waals surface area (Å²) < 4.78 is 0. The van der Waals surface area contributed by atoms with Crippen LogP contribution in [0.1, 0.15) is 0 Å². The Balaban J connectivity index is 2.00. The third-order valence-electron chi connectivity index (χ3n) is 1.53. The zero-order valence-corrected chi connectivity index (χ0v) is 9.13. The number of benzene rings is 1. The van der Waals surface area contributed by atoms with Crippen molar-refractivity contribution < 1.29 is 9.63 Å². The standard InChI is InChI=1S/C10H14N2O2S/c11-10(13)8-14-12-6-7-15-9-4-2-1-3-5-9/h1-5,12H,6-8H2,(H2,11,13). The number of carbonyl (C=O) groups excluding carboxylic acids is 1. The zero-order chi connectivity index (χ0) is 10.9. The summed E-state index contributed by atoms with van der Waals surface area (Å²) in [6.07, 6.45) is 0. The van der Waals surface area contributed by atoms with Crippen molar-refractivity contribution in [1.29, 1.82) is 0 Å². The summed E-state index contributed by atoms with van der Waals surface area (Å²) in [5, 5.41) is 0. The normalized spacial score (nSPS) is 10.1. The van der Waals surface area contributed by atoms with Crippen LogP contribution < -0.4 is 11.2 Å². The second-order valence-corrected chi connectivity index (χ2v) is 3.98. The molecule has 0 unspecified atom stereocenters. The van der Waals surface area contributed by atoms with Gasteiger partial charge in [0.1, 0.15) is 6.61 Å². The maximum Gasteiger partial charge on any atom is 0.245 e. The predicted molar refractivity (Wildman–Crippen MR) is 60.3 cm³/mol. The van der Waals surface area contributed by atoms with Gasteiger partial charge in [0.15, 0.2) is 0 Å². The van der Waals surface area contributed by atoms with Gasteiger partial charge in [-0.2, -0.15) is 0 Å². The molecule has 0 heterocycles. The third-order valence-corrected chi connectivity index (χ3v) is 2.55. The first kappa shape index (κ1) is 12.0. The molecule has 0 bridgehead atoms. The third kappa shape index (κ3) is 6.11. The van der Waals surface area contributed by atoms with Gasteiger partial charge in [-0.15, -0.1) is 11.8 Å². The van der Waals surface area contributed by atoms with Crippen LogP contribution in [0.4, 0.5) is 0 Å². The smallest absolute Gasteiger partial charge is 0.245 e. The zero-order valence-electron chi connectivity index (χ0n) is 8.31. The Morgan fingerprint density at radius 1 is 1.40 bits per heavy atom. The highest BCUT2D eigenvalue weighted by Gasteiger charge is 1.94. The van der Waals surface area contributed by atoms with E-state index in [9.17, 15) is 4.79 Å². The number of nitrogens with two attached hydrogens (primary N) is 1. The van der Waals surface area contributed by atoms with Crippen LogP contribution in [0.25, 0.3) is 0 Å². The van der Waals surface area contributed by atoms with E-state index in [0.29, 0.717) is 6.54 Å². The molecule has 82 valence electrons. The van der Waals surface area contributed by atoms with Crippen LogP contribution in [-0.2, 0) is 9.63 Å². The van der Waals surface area contributed by atoms with E-state index in [1.807, 2.05) is 18.2 Å². The highest BCUT2D eigenvalue weighted by atomic mass is 32.2. The largest absolute Gasteiger partial charge is 0.368 e. The highest BCUT2D eigenvalue weighted by molar-refractivity contribution is 7.99. The molecule has 0 aliphatic carbocycles. The van der Waals surface area contributed by atoms with Gasteiger partial charge >= 0.3 is 0 Å². The fraction of sp³-hybridized carbons (Fsp3) is 0.300. The van der Waals surface area contributed by atoms with Crippen molar-refractivity contribution in [3.05, 3.63) is 30.3 Å². The Hall–Kier alpha value is -1.04. The monoisotopic (exact) mass is 226 g/mol. The van der Waals surface area contributed by atoms with E-state index >= 15 is 0 Å². The molecule has 1 aromatic rings. The van der Waals surface area contributed by atoms with Gasteiger partial charge in [-0.25, -0.2) is 5.48 Å². The van der Waals surface area contributed by atoms with Crippen molar-refractivity contribution in [3.8, 4) is 0 Å². The van der Waals surface area contributed by atoms with Gasteiger partial charge in [-0.3, -0.25) is 9.63 Å². The lowest BCUT2D eigenvalue weighted by atomic mass is 10.4. The first-order chi connectivity index (χ1) is 7.29. The van der Waals surface area contributed by atoms with Crippen molar-refractivity contribution in [2.45, 2.75) is 4.90 Å². The molecule has 1 aromatic carbocycles. The number of amides is 1. The van der Waals surface area contributed by atoms with Gasteiger partial charge in [0, 0.05) is 17.2 Å². The second-order valence-electron chi connectivity index (χ2n) is 2.81. The molecule has 0 radical (unpaired) electrons. The van der Waals surface area contributed by atoms with Crippen molar-refractivity contribution in [1.82, 2.24) is 5.48 Å². The molecule has 0 saturated heterocycles. The molecule has 0 fully saturated rings. The van der Waals surface area contributed by atoms with E-state index in [-0.39, 0.29) is 6.61 Å². The van der Waals surface area contributed by atoms with E-state index in [1.54, 1.807) is 11.8 Å². The lowest BCUT2D eigenvalue weighted by Crippen LogP contribution is -2.26. The Labute approximate surface area is 93.1 Å². The minimum absolute atomic E-state index is 0.0873. The van der Waals surface area contributed by atoms with Crippen molar-refractivity contribution in [2.24, 2.45) is 5.73 Å². The SMILES string of the molecule is NC(=O)CONCCSc1ccccc1. The molecule has 0 aliphatic rings. The summed E-state index contributed by atoms with van der Waals surface area (Å²) in [6, 6.07) is 10.1. The molecule has 5 heteroatoms. The average Bonchev–Trinajstić information content (AvgIpc) is 2.24. The summed E-state index contributed by atoms with van der Waals surface area (Å²) in [5.74, 6) is 0.404. The maximum absolute atomic E-state index is 10.3. The molecule has 0 atom stereocenters. The van der Waals surface area contributed by atoms with E-state index in [4.69, 9.17) is 10.6 Å². The molecular weight excluding hydrogens is 212 g/mol. The Morgan fingerprint density at radius 3 is 2.80 bits per heavy atom. The second kappa shape index (κ2) is 7.28. The molecule has 15 heavy (non-hydrogen) atoms. The van der Waals surface area contributed by atoms with E-state index in [2.05, 4.69) is 17.6 Å². The Kier molecular flexibility index (Phi) is 5.84. The van der Waals surface area contributed by atoms with Crippen LogP contribution in [0, 0.1) is 0 Å². The number of carbonyl (C=O) groups is 1. The summed E-state index contributed by atoms with van der Waals surface area (Å²) in [6.45, 7) is 0.586. The molecule has 0 aliphatic heterocycles. The number of rotatable bonds is 7. The minimum atomic E-state index is -0.474. The fourth-order valence-corrected chi connectivity index (χ4v) is 1.69. The minimum Gasteiger partial charge on any atom is -0.368 e. The van der Waals surface area contributed by atoms with Gasteiger partial charge in [-0.05, 0) is 12.1 Å². The molecule has 0 saturated carbocycles. The van der Waals surface area contributed by atoms with E-state index in [1.165, 1.54) is 4.90 Å². The summed E-state index contributed by atoms with van der Waals surface area (Å²) in [5.41, 5.74) is 7.55. The van der Waals surface area contributed by atoms with E-state index < -0.39 is 5.91 Å². The highest BCUT2D eigenvalue weighted by Crippen LogP contribution is 2.15. The van der Waals surface area contributed by atoms with Crippen molar-refractivity contribution in [2.75, 3.05) is 18.9 Å². The van der Waals surface area contributed by atoms with Crippen LogP contribution in [0.15, 0.2) is 35.2 Å². The molecule has 1 rings (SSSR count). The van der Waals surface area contributed by atoms with Crippen LogP contribution in [0.3, 0.4) is 0 Å². The number of primary amides is 1. The van der Waals surface area contributed by atoms with Crippen molar-refractivity contribution >= 4 is 17.7 Å². The van der Waals surface area contributed by atoms with Gasteiger partial charge < -0.3 is 5.73 Å². The van der Waals surface area contributed by atoms with Crippen molar-refractivity contribution in [3.63, 3.8) is 0 Å². The maximum atomic E-state index is 10.3. The summed E-state index contributed by atoms with van der Waals surface area (Å²) in [7, 11) is 0. The first-order valence-corrected chi connectivity index (χ1v) is 5.58. The average molecular weight is 226 g/mol. The summed E-state index contributed by atoms with van der Waals surface area (Å²) in [4.78, 5) is 16.3. The number of hydrogen-bond donors (Lipinski definition) is 2. The van der Waals surface area contributed by atoms with Crippen LogP contribution in [0.5, 0.6) is 0 Å². The number of hydroxylamine groups is 1. The summed E-state index contributed by atoms with van der Waals surface area (Å²) >= 11 is 1.72. The van der Waals surface area contributed by atoms with Crippen LogP contribution >= 0.6 is 11.8 Å². The van der Waals surface area contributed by atoms with Gasteiger partial charge in [0.2, 0.25) is 5.91 Å². The van der Waals surface area contributed by atoms with Gasteiger partial charge in [0.25, 0.3) is 0 Å². The lowest BCUT2D eigenvalue weighted by Gasteiger charge is -2.03. The lowest BCUT2D eigenvalue weighted by molar-refractivity contribution is -0.125. The quantitative estimate of drug-likeness (QED) is 0.410. The molecular formula is C10H14N2O2S. The molecule has 4 nitrogen and oxygen atoms in total. The fourth-order valence-electron chi connectivity index (χ4n) is 0.922. The van der Waals surface area contributed by atoms with Crippen LogP contribution in [0.2, 0.25) is 0 Å². The Bertz CT molecular complexity index is 293. The molecule has 0 spiro atoms. The number of hydrogen-bond acceptors (Lipinski definition) is 4. The first-order valence-electron chi connectivity index (χ1n) is 4.60. The Morgan fingerprint density at radius 2 is 2.13 bits per heavy atom. The number of nitrogens with one attached hydrogen (secondary N) is 1. The number of thioether (sulfide) groups is 1. The predicted octanol–water partition coefficient (Wildman–Crippen LogP) is 0.785. The molecule has 0 aromatic heterocycles. The van der Waals surface area contributed by atoms with Crippen LogP contribution in [-0.4, -0.2) is 24.8 Å². The van der Waals surface area contributed by atoms with E-state index in [0.717, 1.165) is 5.75 Å². The van der Waals surface area contributed by atoms with Gasteiger partial charge in [0.05, 0.1) is 0 Å². The molecule has 3 N–H and O–H groups in total. The van der Waals surface area contributed by atoms with Gasteiger partial charge in [-0.1, -0.05) is 18.2 Å². The topological polar surface area (TPSA) is 64.4 Å². The molecule has 1 amide bonds.